The van der Waals surface area contributed by atoms with Crippen molar-refractivity contribution in [1.82, 2.24) is 0 Å². The van der Waals surface area contributed by atoms with E-state index in [2.05, 4.69) is 6.92 Å². The van der Waals surface area contributed by atoms with Gasteiger partial charge >= 0.3 is 5.97 Å². The Morgan fingerprint density at radius 3 is 2.60 bits per heavy atom. The highest BCUT2D eigenvalue weighted by atomic mass is 16.4. The zero-order valence-electron chi connectivity index (χ0n) is 15.4. The molecule has 1 aliphatic rings. The molecule has 1 aliphatic carbocycles. The number of rotatable bonds is 13. The molecule has 1 saturated carbocycles. The Hall–Kier alpha value is -1.20. The number of carboxylic acid groups (broad SMARTS) is 1. The largest absolute Gasteiger partial charge is 0.481 e. The summed E-state index contributed by atoms with van der Waals surface area (Å²) >= 11 is 0. The molecule has 0 radical (unpaired) electrons. The van der Waals surface area contributed by atoms with E-state index in [0.717, 1.165) is 44.9 Å². The summed E-state index contributed by atoms with van der Waals surface area (Å²) in [6, 6.07) is 0. The lowest BCUT2D eigenvalue weighted by atomic mass is 9.88. The third-order valence-corrected chi connectivity index (χ3v) is 5.06. The Morgan fingerprint density at radius 1 is 1.20 bits per heavy atom. The van der Waals surface area contributed by atoms with Gasteiger partial charge in [-0.25, -0.2) is 0 Å². The molecular formula is C20H34O5. The minimum absolute atomic E-state index is 0.0153. The van der Waals surface area contributed by atoms with Crippen molar-refractivity contribution in [3.05, 3.63) is 12.2 Å². The molecule has 0 saturated heterocycles. The molecule has 1 fully saturated rings. The van der Waals surface area contributed by atoms with Gasteiger partial charge < -0.3 is 15.3 Å². The molecule has 0 aromatic heterocycles. The summed E-state index contributed by atoms with van der Waals surface area (Å²) in [5, 5.41) is 28.7. The molecule has 0 amide bonds. The van der Waals surface area contributed by atoms with E-state index in [-0.39, 0.29) is 30.5 Å². The standard InChI is InChI=1S/C20H34O5/c1-2-3-6-10-16-17(19(23)14-18(16)22)13-12-15(21)9-7-4-5-8-11-20(24)25/h12-13,15-18,21-22H,2-11,14H2,1H3,(H,24,25)/b13-12+/t15-,16-,17+,18-/m1/s1. The first-order valence-electron chi connectivity index (χ1n) is 9.74. The van der Waals surface area contributed by atoms with Gasteiger partial charge in [0.2, 0.25) is 0 Å². The lowest BCUT2D eigenvalue weighted by molar-refractivity contribution is -0.137. The van der Waals surface area contributed by atoms with Crippen molar-refractivity contribution < 1.29 is 24.9 Å². The monoisotopic (exact) mass is 354 g/mol. The van der Waals surface area contributed by atoms with Gasteiger partial charge in [-0.1, -0.05) is 57.6 Å². The number of carbonyl (C=O) groups excluding carboxylic acids is 1. The Kier molecular flexibility index (Phi) is 10.7. The predicted molar refractivity (Wildman–Crippen MR) is 97.2 cm³/mol. The van der Waals surface area contributed by atoms with Crippen molar-refractivity contribution in [2.24, 2.45) is 11.8 Å². The minimum atomic E-state index is -0.764. The molecule has 3 N–H and O–H groups in total. The molecular weight excluding hydrogens is 320 g/mol. The van der Waals surface area contributed by atoms with E-state index in [4.69, 9.17) is 5.11 Å². The fourth-order valence-corrected chi connectivity index (χ4v) is 3.55. The molecule has 0 bridgehead atoms. The van der Waals surface area contributed by atoms with Crippen LogP contribution in [0.25, 0.3) is 0 Å². The quantitative estimate of drug-likeness (QED) is 0.348. The van der Waals surface area contributed by atoms with Gasteiger partial charge in [-0.15, -0.1) is 0 Å². The van der Waals surface area contributed by atoms with Crippen LogP contribution in [0, 0.1) is 11.8 Å². The van der Waals surface area contributed by atoms with E-state index in [9.17, 15) is 19.8 Å². The van der Waals surface area contributed by atoms with Crippen molar-refractivity contribution in [3.63, 3.8) is 0 Å². The number of ketones is 1. The normalized spacial score (nSPS) is 24.9. The zero-order chi connectivity index (χ0) is 18.7. The number of hydrogen-bond donors (Lipinski definition) is 3. The van der Waals surface area contributed by atoms with Crippen LogP contribution in [0.5, 0.6) is 0 Å². The Bertz CT molecular complexity index is 432. The van der Waals surface area contributed by atoms with Crippen LogP contribution in [0.3, 0.4) is 0 Å². The van der Waals surface area contributed by atoms with E-state index in [1.807, 2.05) is 0 Å². The second-order valence-corrected chi connectivity index (χ2v) is 7.22. The lowest BCUT2D eigenvalue weighted by Crippen LogP contribution is -2.19. The summed E-state index contributed by atoms with van der Waals surface area (Å²) in [7, 11) is 0. The number of aliphatic carboxylic acids is 1. The predicted octanol–water partition coefficient (Wildman–Crippen LogP) is 3.48. The molecule has 25 heavy (non-hydrogen) atoms. The average molecular weight is 354 g/mol. The fourth-order valence-electron chi connectivity index (χ4n) is 3.55. The number of Topliss-reactive ketones (excluding diaryl/α,β-unsaturated/α-hetero) is 1. The molecule has 4 atom stereocenters. The Labute approximate surface area is 151 Å². The molecule has 5 nitrogen and oxygen atoms in total. The van der Waals surface area contributed by atoms with E-state index in [1.54, 1.807) is 12.2 Å². The maximum absolute atomic E-state index is 12.1. The van der Waals surface area contributed by atoms with Gasteiger partial charge in [0.15, 0.2) is 0 Å². The van der Waals surface area contributed by atoms with Crippen molar-refractivity contribution in [3.8, 4) is 0 Å². The molecule has 0 aromatic rings. The number of aliphatic hydroxyl groups excluding tert-OH is 2. The molecule has 1 rings (SSSR count). The number of allylic oxidation sites excluding steroid dienone is 1. The molecule has 5 heteroatoms. The molecule has 0 aliphatic heterocycles. The summed E-state index contributed by atoms with van der Waals surface area (Å²) in [6.45, 7) is 2.13. The van der Waals surface area contributed by atoms with Crippen molar-refractivity contribution in [2.45, 2.75) is 89.8 Å². The summed E-state index contributed by atoms with van der Waals surface area (Å²) in [5.74, 6) is -0.971. The smallest absolute Gasteiger partial charge is 0.303 e. The topological polar surface area (TPSA) is 94.8 Å². The first-order chi connectivity index (χ1) is 12.0. The lowest BCUT2D eigenvalue weighted by Gasteiger charge is -2.18. The van der Waals surface area contributed by atoms with Gasteiger partial charge in [0, 0.05) is 18.8 Å². The van der Waals surface area contributed by atoms with Crippen molar-refractivity contribution in [1.29, 1.82) is 0 Å². The van der Waals surface area contributed by atoms with E-state index in [0.29, 0.717) is 12.8 Å². The highest BCUT2D eigenvalue weighted by molar-refractivity contribution is 5.85. The van der Waals surface area contributed by atoms with Crippen LogP contribution in [-0.4, -0.2) is 39.3 Å². The van der Waals surface area contributed by atoms with Crippen LogP contribution in [-0.2, 0) is 9.59 Å². The number of aliphatic hydroxyl groups is 2. The second-order valence-electron chi connectivity index (χ2n) is 7.22. The molecule has 0 heterocycles. The van der Waals surface area contributed by atoms with Gasteiger partial charge in [-0.3, -0.25) is 9.59 Å². The molecule has 0 unspecified atom stereocenters. The third-order valence-electron chi connectivity index (χ3n) is 5.06. The number of unbranched alkanes of at least 4 members (excludes halogenated alkanes) is 5. The maximum atomic E-state index is 12.1. The van der Waals surface area contributed by atoms with Gasteiger partial charge in [0.25, 0.3) is 0 Å². The van der Waals surface area contributed by atoms with Crippen LogP contribution in [0.1, 0.15) is 77.6 Å². The summed E-state index contributed by atoms with van der Waals surface area (Å²) < 4.78 is 0. The highest BCUT2D eigenvalue weighted by Gasteiger charge is 2.39. The van der Waals surface area contributed by atoms with Crippen LogP contribution >= 0.6 is 0 Å². The van der Waals surface area contributed by atoms with E-state index in [1.165, 1.54) is 0 Å². The number of carbonyl (C=O) groups is 2. The Balaban J connectivity index is 2.33. The van der Waals surface area contributed by atoms with Gasteiger partial charge in [0.05, 0.1) is 12.2 Å². The SMILES string of the molecule is CCCCC[C@H]1[C@H](O)CC(=O)[C@H]1/C=C/[C@H](O)CCCCCCC(=O)O. The zero-order valence-corrected chi connectivity index (χ0v) is 15.4. The number of hydrogen-bond acceptors (Lipinski definition) is 4. The fraction of sp³-hybridized carbons (Fsp3) is 0.800. The second kappa shape index (κ2) is 12.2. The summed E-state index contributed by atoms with van der Waals surface area (Å²) in [5.41, 5.74) is 0. The van der Waals surface area contributed by atoms with Crippen LogP contribution < -0.4 is 0 Å². The summed E-state index contributed by atoms with van der Waals surface area (Å²) in [6.07, 6.45) is 10.8. The molecule has 144 valence electrons. The minimum Gasteiger partial charge on any atom is -0.481 e. The number of carboxylic acids is 1. The van der Waals surface area contributed by atoms with Crippen LogP contribution in [0.4, 0.5) is 0 Å². The average Bonchev–Trinajstić information content (AvgIpc) is 2.82. The highest BCUT2D eigenvalue weighted by Crippen LogP contribution is 2.34. The van der Waals surface area contributed by atoms with Crippen molar-refractivity contribution in [2.75, 3.05) is 0 Å². The van der Waals surface area contributed by atoms with Crippen LogP contribution in [0.15, 0.2) is 12.2 Å². The van der Waals surface area contributed by atoms with Gasteiger partial charge in [-0.2, -0.15) is 0 Å². The first kappa shape index (κ1) is 21.8. The van der Waals surface area contributed by atoms with Gasteiger partial charge in [-0.05, 0) is 25.2 Å². The van der Waals surface area contributed by atoms with Crippen molar-refractivity contribution >= 4 is 11.8 Å². The third kappa shape index (κ3) is 8.63. The maximum Gasteiger partial charge on any atom is 0.303 e. The van der Waals surface area contributed by atoms with E-state index >= 15 is 0 Å². The summed E-state index contributed by atoms with van der Waals surface area (Å²) in [4.78, 5) is 22.5. The Morgan fingerprint density at radius 2 is 1.92 bits per heavy atom. The first-order valence-corrected chi connectivity index (χ1v) is 9.74. The van der Waals surface area contributed by atoms with E-state index < -0.39 is 18.2 Å². The molecule has 0 aromatic carbocycles. The van der Waals surface area contributed by atoms with Gasteiger partial charge in [0.1, 0.15) is 5.78 Å². The molecule has 0 spiro atoms. The van der Waals surface area contributed by atoms with Crippen LogP contribution in [0.2, 0.25) is 0 Å².